The molecule has 0 aromatic heterocycles. The predicted octanol–water partition coefficient (Wildman–Crippen LogP) is 2.02. The normalized spacial score (nSPS) is 13.3. The number of hydrogen-bond donors (Lipinski definition) is 2. The van der Waals surface area contributed by atoms with Gasteiger partial charge in [0, 0.05) is 25.2 Å². The van der Waals surface area contributed by atoms with Crippen molar-refractivity contribution in [2.45, 2.75) is 66.0 Å². The van der Waals surface area contributed by atoms with Crippen molar-refractivity contribution in [3.05, 3.63) is 0 Å². The molecule has 0 aliphatic carbocycles. The topological polar surface area (TPSA) is 52.6 Å². The number of amides is 1. The standard InChI is InChI=1S/C15H32N2O2/c1-12(2)7-8-14(5)16-15(19)11-17(13(3)4)9-6-10-18/h12-14,18H,6-11H2,1-5H3,(H,16,19). The first-order valence-corrected chi connectivity index (χ1v) is 7.51. The molecule has 19 heavy (non-hydrogen) atoms. The molecule has 0 aromatic carbocycles. The average Bonchev–Trinajstić information content (AvgIpc) is 2.31. The summed E-state index contributed by atoms with van der Waals surface area (Å²) in [7, 11) is 0. The third-order valence-corrected chi connectivity index (χ3v) is 3.26. The van der Waals surface area contributed by atoms with E-state index in [9.17, 15) is 4.79 Å². The van der Waals surface area contributed by atoms with Crippen LogP contribution in [-0.2, 0) is 4.79 Å². The molecule has 0 saturated heterocycles. The van der Waals surface area contributed by atoms with Gasteiger partial charge < -0.3 is 10.4 Å². The number of carbonyl (C=O) groups is 1. The van der Waals surface area contributed by atoms with Gasteiger partial charge in [0.25, 0.3) is 0 Å². The number of carbonyl (C=O) groups excluding carboxylic acids is 1. The monoisotopic (exact) mass is 272 g/mol. The van der Waals surface area contributed by atoms with Gasteiger partial charge in [-0.3, -0.25) is 9.69 Å². The minimum Gasteiger partial charge on any atom is -0.396 e. The second kappa shape index (κ2) is 10.2. The van der Waals surface area contributed by atoms with Crippen LogP contribution < -0.4 is 5.32 Å². The summed E-state index contributed by atoms with van der Waals surface area (Å²) < 4.78 is 0. The highest BCUT2D eigenvalue weighted by Gasteiger charge is 2.15. The van der Waals surface area contributed by atoms with Crippen LogP contribution in [0.1, 0.15) is 53.9 Å². The van der Waals surface area contributed by atoms with Crippen LogP contribution in [0.25, 0.3) is 0 Å². The van der Waals surface area contributed by atoms with Crippen molar-refractivity contribution in [1.82, 2.24) is 10.2 Å². The Balaban J connectivity index is 4.04. The first-order valence-electron chi connectivity index (χ1n) is 7.51. The molecule has 0 saturated carbocycles. The highest BCUT2D eigenvalue weighted by Crippen LogP contribution is 2.06. The molecule has 114 valence electrons. The van der Waals surface area contributed by atoms with E-state index >= 15 is 0 Å². The van der Waals surface area contributed by atoms with Crippen LogP contribution >= 0.6 is 0 Å². The van der Waals surface area contributed by atoms with Gasteiger partial charge >= 0.3 is 0 Å². The van der Waals surface area contributed by atoms with Crippen molar-refractivity contribution in [3.8, 4) is 0 Å². The number of nitrogens with one attached hydrogen (secondary N) is 1. The first kappa shape index (κ1) is 18.4. The summed E-state index contributed by atoms with van der Waals surface area (Å²) in [6.45, 7) is 12.0. The Labute approximate surface area is 118 Å². The number of nitrogens with zero attached hydrogens (tertiary/aromatic N) is 1. The zero-order chi connectivity index (χ0) is 14.8. The maximum absolute atomic E-state index is 12.0. The molecule has 0 spiro atoms. The van der Waals surface area contributed by atoms with E-state index in [1.165, 1.54) is 0 Å². The molecule has 0 radical (unpaired) electrons. The molecular formula is C15H32N2O2. The lowest BCUT2D eigenvalue weighted by molar-refractivity contribution is -0.123. The highest BCUT2D eigenvalue weighted by molar-refractivity contribution is 5.78. The molecule has 4 heteroatoms. The van der Waals surface area contributed by atoms with E-state index in [0.717, 1.165) is 19.4 Å². The molecule has 0 aromatic rings. The van der Waals surface area contributed by atoms with Crippen molar-refractivity contribution in [3.63, 3.8) is 0 Å². The van der Waals surface area contributed by atoms with E-state index in [1.54, 1.807) is 0 Å². The molecule has 0 rings (SSSR count). The minimum absolute atomic E-state index is 0.0860. The van der Waals surface area contributed by atoms with E-state index in [4.69, 9.17) is 5.11 Å². The molecule has 0 bridgehead atoms. The molecule has 2 N–H and O–H groups in total. The molecule has 0 aliphatic heterocycles. The summed E-state index contributed by atoms with van der Waals surface area (Å²) in [5.41, 5.74) is 0. The van der Waals surface area contributed by atoms with E-state index < -0.39 is 0 Å². The highest BCUT2D eigenvalue weighted by atomic mass is 16.3. The summed E-state index contributed by atoms with van der Waals surface area (Å²) in [5.74, 6) is 0.763. The summed E-state index contributed by atoms with van der Waals surface area (Å²) in [5, 5.41) is 11.9. The average molecular weight is 272 g/mol. The Morgan fingerprint density at radius 1 is 1.16 bits per heavy atom. The van der Waals surface area contributed by atoms with Gasteiger partial charge in [0.05, 0.1) is 6.54 Å². The fourth-order valence-corrected chi connectivity index (χ4v) is 1.95. The molecule has 0 fully saturated rings. The van der Waals surface area contributed by atoms with Gasteiger partial charge in [-0.25, -0.2) is 0 Å². The maximum atomic E-state index is 12.0. The maximum Gasteiger partial charge on any atom is 0.234 e. The number of hydrogen-bond acceptors (Lipinski definition) is 3. The Kier molecular flexibility index (Phi) is 9.88. The van der Waals surface area contributed by atoms with E-state index in [-0.39, 0.29) is 18.6 Å². The van der Waals surface area contributed by atoms with Crippen LogP contribution in [-0.4, -0.2) is 47.7 Å². The summed E-state index contributed by atoms with van der Waals surface area (Å²) in [6, 6.07) is 0.560. The number of aliphatic hydroxyl groups excluding tert-OH is 1. The van der Waals surface area contributed by atoms with Crippen LogP contribution in [0.3, 0.4) is 0 Å². The Morgan fingerprint density at radius 2 is 1.79 bits per heavy atom. The molecule has 0 heterocycles. The SMILES string of the molecule is CC(C)CCC(C)NC(=O)CN(CCCO)C(C)C. The molecule has 1 amide bonds. The Morgan fingerprint density at radius 3 is 2.26 bits per heavy atom. The molecule has 4 nitrogen and oxygen atoms in total. The first-order chi connectivity index (χ1) is 8.86. The van der Waals surface area contributed by atoms with Gasteiger partial charge in [0.1, 0.15) is 0 Å². The van der Waals surface area contributed by atoms with Crippen molar-refractivity contribution in [1.29, 1.82) is 0 Å². The van der Waals surface area contributed by atoms with Crippen LogP contribution in [0.4, 0.5) is 0 Å². The molecule has 0 aliphatic rings. The van der Waals surface area contributed by atoms with Gasteiger partial charge in [-0.05, 0) is 46.0 Å². The zero-order valence-corrected chi connectivity index (χ0v) is 13.3. The van der Waals surface area contributed by atoms with Crippen LogP contribution in [0.2, 0.25) is 0 Å². The smallest absolute Gasteiger partial charge is 0.234 e. The summed E-state index contributed by atoms with van der Waals surface area (Å²) >= 11 is 0. The van der Waals surface area contributed by atoms with Crippen molar-refractivity contribution in [2.75, 3.05) is 19.7 Å². The fourth-order valence-electron chi connectivity index (χ4n) is 1.95. The second-order valence-corrected chi connectivity index (χ2v) is 6.08. The van der Waals surface area contributed by atoms with Crippen LogP contribution in [0.5, 0.6) is 0 Å². The van der Waals surface area contributed by atoms with Gasteiger partial charge in [-0.2, -0.15) is 0 Å². The number of rotatable bonds is 10. The van der Waals surface area contributed by atoms with Gasteiger partial charge in [-0.15, -0.1) is 0 Å². The van der Waals surface area contributed by atoms with Gasteiger partial charge in [0.2, 0.25) is 5.91 Å². The summed E-state index contributed by atoms with van der Waals surface area (Å²) in [4.78, 5) is 14.1. The third-order valence-electron chi connectivity index (χ3n) is 3.26. The van der Waals surface area contributed by atoms with Crippen molar-refractivity contribution >= 4 is 5.91 Å². The number of aliphatic hydroxyl groups is 1. The quantitative estimate of drug-likeness (QED) is 0.640. The van der Waals surface area contributed by atoms with Crippen molar-refractivity contribution in [2.24, 2.45) is 5.92 Å². The summed E-state index contributed by atoms with van der Waals surface area (Å²) in [6.07, 6.45) is 2.88. The third kappa shape index (κ3) is 9.91. The van der Waals surface area contributed by atoms with Gasteiger partial charge in [-0.1, -0.05) is 13.8 Å². The van der Waals surface area contributed by atoms with Gasteiger partial charge in [0.15, 0.2) is 0 Å². The molecule has 1 atom stereocenters. The van der Waals surface area contributed by atoms with Crippen LogP contribution in [0.15, 0.2) is 0 Å². The fraction of sp³-hybridized carbons (Fsp3) is 0.933. The lowest BCUT2D eigenvalue weighted by atomic mass is 10.0. The minimum atomic E-state index is 0.0860. The predicted molar refractivity (Wildman–Crippen MR) is 80.1 cm³/mol. The molecule has 1 unspecified atom stereocenters. The lowest BCUT2D eigenvalue weighted by Crippen LogP contribution is -2.44. The van der Waals surface area contributed by atoms with E-state index in [1.807, 2.05) is 0 Å². The second-order valence-electron chi connectivity index (χ2n) is 6.08. The Hall–Kier alpha value is -0.610. The Bertz CT molecular complexity index is 242. The van der Waals surface area contributed by atoms with E-state index in [0.29, 0.717) is 24.9 Å². The van der Waals surface area contributed by atoms with Crippen molar-refractivity contribution < 1.29 is 9.90 Å². The van der Waals surface area contributed by atoms with E-state index in [2.05, 4.69) is 44.8 Å². The lowest BCUT2D eigenvalue weighted by Gasteiger charge is -2.26. The van der Waals surface area contributed by atoms with Crippen LogP contribution in [0, 0.1) is 5.92 Å². The zero-order valence-electron chi connectivity index (χ0n) is 13.3. The largest absolute Gasteiger partial charge is 0.396 e. The molecular weight excluding hydrogens is 240 g/mol.